The van der Waals surface area contributed by atoms with Gasteiger partial charge in [0.2, 0.25) is 0 Å². The third-order valence-corrected chi connectivity index (χ3v) is 4.43. The van der Waals surface area contributed by atoms with Crippen LogP contribution in [0.1, 0.15) is 40.5 Å². The van der Waals surface area contributed by atoms with Crippen LogP contribution in [0.5, 0.6) is 0 Å². The molecule has 1 saturated heterocycles. The van der Waals surface area contributed by atoms with Crippen molar-refractivity contribution in [2.75, 3.05) is 27.2 Å². The quantitative estimate of drug-likeness (QED) is 0.763. The van der Waals surface area contributed by atoms with Crippen LogP contribution in [0.3, 0.4) is 0 Å². The first kappa shape index (κ1) is 23.4. The summed E-state index contributed by atoms with van der Waals surface area (Å²) in [4.78, 5) is 14.5. The molecule has 6 nitrogen and oxygen atoms in total. The fourth-order valence-electron chi connectivity index (χ4n) is 3.20. The summed E-state index contributed by atoms with van der Waals surface area (Å²) >= 11 is 0. The smallest absolute Gasteiger partial charge is 0.272 e. The number of nitrogens with one attached hydrogen (secondary N) is 2. The van der Waals surface area contributed by atoms with Crippen LogP contribution in [0.25, 0.3) is 0 Å². The summed E-state index contributed by atoms with van der Waals surface area (Å²) < 4.78 is 1.92. The Morgan fingerprint density at radius 2 is 2.07 bits per heavy atom. The average Bonchev–Trinajstić information content (AvgIpc) is 3.10. The van der Waals surface area contributed by atoms with E-state index >= 15 is 0 Å². The van der Waals surface area contributed by atoms with Crippen molar-refractivity contribution >= 4 is 30.7 Å². The van der Waals surface area contributed by atoms with Gasteiger partial charge in [0.05, 0.1) is 6.04 Å². The summed E-state index contributed by atoms with van der Waals surface area (Å²) in [5.74, 6) is -0.125. The minimum absolute atomic E-state index is 0. The SMILES string of the molecule is CN(C)Cc1cccc(CNC(=O)c2ccn(C3CCCNC3)n2)c1.Cl.Cl. The molecule has 0 spiro atoms. The van der Waals surface area contributed by atoms with Crippen molar-refractivity contribution in [1.82, 2.24) is 25.3 Å². The lowest BCUT2D eigenvalue weighted by Crippen LogP contribution is -2.32. The van der Waals surface area contributed by atoms with Crippen LogP contribution in [0.2, 0.25) is 0 Å². The number of halogens is 2. The van der Waals surface area contributed by atoms with E-state index in [0.717, 1.165) is 38.0 Å². The summed E-state index contributed by atoms with van der Waals surface area (Å²) in [5.41, 5.74) is 2.82. The molecule has 0 saturated carbocycles. The summed E-state index contributed by atoms with van der Waals surface area (Å²) in [6, 6.07) is 10.4. The molecule has 150 valence electrons. The van der Waals surface area contributed by atoms with Gasteiger partial charge in [-0.1, -0.05) is 24.3 Å². The summed E-state index contributed by atoms with van der Waals surface area (Å²) in [7, 11) is 4.10. The second-order valence-corrected chi connectivity index (χ2v) is 6.92. The molecule has 1 aromatic heterocycles. The van der Waals surface area contributed by atoms with E-state index in [2.05, 4.69) is 32.8 Å². The maximum Gasteiger partial charge on any atom is 0.272 e. The summed E-state index contributed by atoms with van der Waals surface area (Å²) in [6.45, 7) is 3.39. The van der Waals surface area contributed by atoms with Gasteiger partial charge in [-0.15, -0.1) is 24.8 Å². The van der Waals surface area contributed by atoms with Crippen LogP contribution in [0, 0.1) is 0 Å². The van der Waals surface area contributed by atoms with E-state index in [4.69, 9.17) is 0 Å². The standard InChI is InChI=1S/C19H27N5O.2ClH/c1-23(2)14-16-6-3-5-15(11-16)12-21-19(25)18-8-10-24(22-18)17-7-4-9-20-13-17;;/h3,5-6,8,10-11,17,20H,4,7,9,12-14H2,1-2H3,(H,21,25);2*1H. The van der Waals surface area contributed by atoms with Crippen molar-refractivity contribution in [3.05, 3.63) is 53.3 Å². The van der Waals surface area contributed by atoms with E-state index in [9.17, 15) is 4.79 Å². The molecule has 2 N–H and O–H groups in total. The molecule has 2 aromatic rings. The minimum Gasteiger partial charge on any atom is -0.347 e. The number of carbonyl (C=O) groups excluding carboxylic acids is 1. The van der Waals surface area contributed by atoms with E-state index in [1.54, 1.807) is 6.07 Å². The van der Waals surface area contributed by atoms with Crippen molar-refractivity contribution in [1.29, 1.82) is 0 Å². The molecule has 0 aliphatic carbocycles. The zero-order valence-corrected chi connectivity index (χ0v) is 17.5. The molecule has 1 atom stereocenters. The Kier molecular flexibility index (Phi) is 9.80. The van der Waals surface area contributed by atoms with Crippen LogP contribution in [0.4, 0.5) is 0 Å². The van der Waals surface area contributed by atoms with Crippen molar-refractivity contribution in [2.45, 2.75) is 32.0 Å². The molecular formula is C19H29Cl2N5O. The van der Waals surface area contributed by atoms with Crippen LogP contribution >= 0.6 is 24.8 Å². The zero-order valence-electron chi connectivity index (χ0n) is 15.9. The monoisotopic (exact) mass is 413 g/mol. The first-order valence-corrected chi connectivity index (χ1v) is 8.88. The normalized spacial score (nSPS) is 16.3. The van der Waals surface area contributed by atoms with Crippen molar-refractivity contribution < 1.29 is 4.79 Å². The molecule has 3 rings (SSSR count). The van der Waals surface area contributed by atoms with Gasteiger partial charge in [0.1, 0.15) is 5.69 Å². The molecule has 27 heavy (non-hydrogen) atoms. The molecule has 2 heterocycles. The molecule has 1 aliphatic heterocycles. The van der Waals surface area contributed by atoms with Crippen LogP contribution < -0.4 is 10.6 Å². The van der Waals surface area contributed by atoms with E-state index in [1.165, 1.54) is 5.56 Å². The highest BCUT2D eigenvalue weighted by atomic mass is 35.5. The molecule has 8 heteroatoms. The Bertz CT molecular complexity index is 714. The Balaban J connectivity index is 0.00000182. The van der Waals surface area contributed by atoms with Gasteiger partial charge in [-0.25, -0.2) is 0 Å². The zero-order chi connectivity index (χ0) is 17.6. The third-order valence-electron chi connectivity index (χ3n) is 4.43. The number of amides is 1. The van der Waals surface area contributed by atoms with E-state index < -0.39 is 0 Å². The van der Waals surface area contributed by atoms with Crippen LogP contribution in [0.15, 0.2) is 36.5 Å². The lowest BCUT2D eigenvalue weighted by atomic mass is 10.1. The highest BCUT2D eigenvalue weighted by molar-refractivity contribution is 5.92. The molecule has 1 unspecified atom stereocenters. The minimum atomic E-state index is -0.125. The molecular weight excluding hydrogens is 385 g/mol. The topological polar surface area (TPSA) is 62.2 Å². The fourth-order valence-corrected chi connectivity index (χ4v) is 3.20. The first-order valence-electron chi connectivity index (χ1n) is 8.88. The Hall–Kier alpha value is -1.60. The largest absolute Gasteiger partial charge is 0.347 e. The Morgan fingerprint density at radius 3 is 2.78 bits per heavy atom. The van der Waals surface area contributed by atoms with Gasteiger partial charge in [-0.05, 0) is 50.7 Å². The second-order valence-electron chi connectivity index (χ2n) is 6.92. The third kappa shape index (κ3) is 6.81. The molecule has 1 aliphatic rings. The fraction of sp³-hybridized carbons (Fsp3) is 0.474. The van der Waals surface area contributed by atoms with Crippen molar-refractivity contribution in [3.8, 4) is 0 Å². The highest BCUT2D eigenvalue weighted by Crippen LogP contribution is 2.15. The van der Waals surface area contributed by atoms with Crippen molar-refractivity contribution in [2.24, 2.45) is 0 Å². The first-order chi connectivity index (χ1) is 12.1. The second kappa shape index (κ2) is 11.3. The van der Waals surface area contributed by atoms with E-state index in [1.807, 2.05) is 37.1 Å². The maximum absolute atomic E-state index is 12.4. The summed E-state index contributed by atoms with van der Waals surface area (Å²) in [6.07, 6.45) is 4.16. The van der Waals surface area contributed by atoms with Gasteiger partial charge >= 0.3 is 0 Å². The predicted octanol–water partition coefficient (Wildman–Crippen LogP) is 2.64. The Labute approximate surface area is 173 Å². The van der Waals surface area contributed by atoms with Gasteiger partial charge < -0.3 is 15.5 Å². The molecule has 0 radical (unpaired) electrons. The number of carbonyl (C=O) groups is 1. The van der Waals surface area contributed by atoms with Gasteiger partial charge in [0.15, 0.2) is 0 Å². The number of nitrogens with zero attached hydrogens (tertiary/aromatic N) is 3. The lowest BCUT2D eigenvalue weighted by molar-refractivity contribution is 0.0944. The Morgan fingerprint density at radius 1 is 1.30 bits per heavy atom. The number of hydrogen-bond acceptors (Lipinski definition) is 4. The van der Waals surface area contributed by atoms with Crippen LogP contribution in [-0.2, 0) is 13.1 Å². The van der Waals surface area contributed by atoms with Crippen LogP contribution in [-0.4, -0.2) is 47.8 Å². The van der Waals surface area contributed by atoms with Crippen molar-refractivity contribution in [3.63, 3.8) is 0 Å². The molecule has 0 bridgehead atoms. The lowest BCUT2D eigenvalue weighted by Gasteiger charge is -2.22. The van der Waals surface area contributed by atoms with Gasteiger partial charge in [0.25, 0.3) is 5.91 Å². The number of rotatable bonds is 6. The highest BCUT2D eigenvalue weighted by Gasteiger charge is 2.17. The van der Waals surface area contributed by atoms with Gasteiger partial charge in [0, 0.05) is 25.8 Å². The van der Waals surface area contributed by atoms with Gasteiger partial charge in [-0.3, -0.25) is 9.48 Å². The molecule has 1 aromatic carbocycles. The molecule has 1 amide bonds. The van der Waals surface area contributed by atoms with Gasteiger partial charge in [-0.2, -0.15) is 5.10 Å². The maximum atomic E-state index is 12.4. The predicted molar refractivity (Wildman–Crippen MR) is 113 cm³/mol. The number of hydrogen-bond donors (Lipinski definition) is 2. The summed E-state index contributed by atoms with van der Waals surface area (Å²) in [5, 5.41) is 10.8. The molecule has 1 fully saturated rings. The number of piperidine rings is 1. The average molecular weight is 414 g/mol. The van der Waals surface area contributed by atoms with E-state index in [-0.39, 0.29) is 30.7 Å². The number of aromatic nitrogens is 2. The van der Waals surface area contributed by atoms with E-state index in [0.29, 0.717) is 18.3 Å². The number of benzene rings is 1.